The molecule has 21 heavy (non-hydrogen) atoms. The van der Waals surface area contributed by atoms with Crippen LogP contribution in [0.4, 0.5) is 0 Å². The highest BCUT2D eigenvalue weighted by Crippen LogP contribution is 2.34. The van der Waals surface area contributed by atoms with Crippen LogP contribution >= 0.6 is 0 Å². The number of hydrogen-bond donors (Lipinski definition) is 4. The third kappa shape index (κ3) is 5.10. The number of oxime groups is 1. The largest absolute Gasteiger partial charge is 0.409 e. The van der Waals surface area contributed by atoms with E-state index in [2.05, 4.69) is 21.5 Å². The fourth-order valence-corrected chi connectivity index (χ4v) is 3.90. The third-order valence-electron chi connectivity index (χ3n) is 4.06. The molecule has 1 aliphatic carbocycles. The topological polar surface area (TPSA) is 126 Å². The second kappa shape index (κ2) is 7.92. The minimum absolute atomic E-state index is 0.0887. The molecule has 0 radical (unpaired) electrons. The van der Waals surface area contributed by atoms with Gasteiger partial charge in [0.25, 0.3) is 10.2 Å². The van der Waals surface area contributed by atoms with Crippen LogP contribution < -0.4 is 15.2 Å². The number of rotatable bonds is 8. The van der Waals surface area contributed by atoms with Gasteiger partial charge >= 0.3 is 0 Å². The van der Waals surface area contributed by atoms with Gasteiger partial charge in [0.05, 0.1) is 12.1 Å². The van der Waals surface area contributed by atoms with Crippen LogP contribution in [0.1, 0.15) is 39.0 Å². The van der Waals surface area contributed by atoms with Crippen LogP contribution in [0, 0.1) is 5.92 Å². The monoisotopic (exact) mass is 322 g/mol. The molecule has 0 saturated heterocycles. The molecule has 0 unspecified atom stereocenters. The van der Waals surface area contributed by atoms with Gasteiger partial charge in [-0.05, 0) is 31.6 Å². The Balaban J connectivity index is 2.80. The van der Waals surface area contributed by atoms with Gasteiger partial charge in [-0.15, -0.1) is 0 Å². The lowest BCUT2D eigenvalue weighted by atomic mass is 9.75. The maximum atomic E-state index is 12.1. The van der Waals surface area contributed by atoms with E-state index in [1.54, 1.807) is 0 Å². The molecule has 0 amide bonds. The van der Waals surface area contributed by atoms with Crippen molar-refractivity contribution in [1.82, 2.24) is 9.44 Å². The molecule has 1 fully saturated rings. The first kappa shape index (κ1) is 18.1. The quantitative estimate of drug-likeness (QED) is 0.166. The minimum Gasteiger partial charge on any atom is -0.409 e. The summed E-state index contributed by atoms with van der Waals surface area (Å²) in [6.45, 7) is 2.54. The van der Waals surface area contributed by atoms with E-state index in [1.807, 2.05) is 0 Å². The normalized spacial score (nSPS) is 27.7. The van der Waals surface area contributed by atoms with Crippen LogP contribution in [0.15, 0.2) is 5.16 Å². The summed E-state index contributed by atoms with van der Waals surface area (Å²) in [5.74, 6) is 0.463. The lowest BCUT2D eigenvalue weighted by Crippen LogP contribution is -2.61. The van der Waals surface area contributed by atoms with Gasteiger partial charge in [-0.3, -0.25) is 0 Å². The number of nitrogens with one attached hydrogen (secondary N) is 2. The minimum atomic E-state index is -3.74. The first-order valence-electron chi connectivity index (χ1n) is 7.14. The van der Waals surface area contributed by atoms with Gasteiger partial charge in [-0.25, -0.2) is 0 Å². The van der Waals surface area contributed by atoms with Crippen LogP contribution in [-0.4, -0.2) is 45.3 Å². The standard InChI is InChI=1S/C12H26N4O4S/c1-3-10-4-6-12(7-5-10,11(13)15-17)16-21(18,19)14-8-9-20-2/h10,14,16-17H,3-9H2,1-2H3,(H2,13,15). The molecule has 1 rings (SSSR count). The molecular weight excluding hydrogens is 296 g/mol. The number of nitrogens with two attached hydrogens (primary N) is 1. The summed E-state index contributed by atoms with van der Waals surface area (Å²) in [6, 6.07) is 0. The van der Waals surface area contributed by atoms with Crippen LogP contribution in [0.25, 0.3) is 0 Å². The van der Waals surface area contributed by atoms with E-state index in [0.29, 0.717) is 18.8 Å². The molecule has 0 aliphatic heterocycles. The summed E-state index contributed by atoms with van der Waals surface area (Å²) < 4.78 is 33.9. The third-order valence-corrected chi connectivity index (χ3v) is 5.31. The van der Waals surface area contributed by atoms with Gasteiger partial charge < -0.3 is 15.7 Å². The van der Waals surface area contributed by atoms with Crippen LogP contribution in [-0.2, 0) is 14.9 Å². The number of nitrogens with zero attached hydrogens (tertiary/aromatic N) is 1. The molecule has 0 heterocycles. The molecule has 0 aromatic rings. The molecule has 0 atom stereocenters. The average molecular weight is 322 g/mol. The Kier molecular flexibility index (Phi) is 6.85. The van der Waals surface area contributed by atoms with Crippen molar-refractivity contribution >= 4 is 16.0 Å². The maximum Gasteiger partial charge on any atom is 0.277 e. The molecule has 0 aromatic carbocycles. The van der Waals surface area contributed by atoms with Gasteiger partial charge in [0.15, 0.2) is 5.84 Å². The van der Waals surface area contributed by atoms with Gasteiger partial charge in [0, 0.05) is 13.7 Å². The number of amidine groups is 1. The van der Waals surface area contributed by atoms with Crippen molar-refractivity contribution in [3.63, 3.8) is 0 Å². The van der Waals surface area contributed by atoms with Crippen LogP contribution in [0.2, 0.25) is 0 Å². The van der Waals surface area contributed by atoms with E-state index in [0.717, 1.165) is 19.3 Å². The van der Waals surface area contributed by atoms with Crippen molar-refractivity contribution in [3.8, 4) is 0 Å². The Morgan fingerprint density at radius 1 is 1.48 bits per heavy atom. The zero-order valence-corrected chi connectivity index (χ0v) is 13.4. The molecule has 0 spiro atoms. The average Bonchev–Trinajstić information content (AvgIpc) is 2.46. The van der Waals surface area contributed by atoms with Gasteiger partial charge in [0.1, 0.15) is 0 Å². The molecular formula is C12H26N4O4S. The Labute approximate surface area is 126 Å². The van der Waals surface area contributed by atoms with Crippen molar-refractivity contribution in [2.45, 2.75) is 44.6 Å². The van der Waals surface area contributed by atoms with Crippen LogP contribution in [0.3, 0.4) is 0 Å². The summed E-state index contributed by atoms with van der Waals surface area (Å²) in [7, 11) is -2.25. The van der Waals surface area contributed by atoms with E-state index < -0.39 is 15.7 Å². The second-order valence-electron chi connectivity index (χ2n) is 5.41. The smallest absolute Gasteiger partial charge is 0.277 e. The SMILES string of the molecule is CCC1CCC(NS(=O)(=O)NCCOC)(C(N)=NO)CC1. The van der Waals surface area contributed by atoms with Crippen molar-refractivity contribution < 1.29 is 18.4 Å². The molecule has 124 valence electrons. The highest BCUT2D eigenvalue weighted by molar-refractivity contribution is 7.87. The first-order chi connectivity index (χ1) is 9.89. The molecule has 5 N–H and O–H groups in total. The molecule has 1 saturated carbocycles. The summed E-state index contributed by atoms with van der Waals surface area (Å²) in [6.07, 6.45) is 3.77. The van der Waals surface area contributed by atoms with Gasteiger partial charge in [-0.1, -0.05) is 18.5 Å². The van der Waals surface area contributed by atoms with E-state index in [9.17, 15) is 8.42 Å². The molecule has 0 aromatic heterocycles. The molecule has 8 nitrogen and oxygen atoms in total. The van der Waals surface area contributed by atoms with Gasteiger partial charge in [-0.2, -0.15) is 17.9 Å². The lowest BCUT2D eigenvalue weighted by Gasteiger charge is -2.39. The number of methoxy groups -OCH3 is 1. The van der Waals surface area contributed by atoms with Crippen molar-refractivity contribution in [2.75, 3.05) is 20.3 Å². The van der Waals surface area contributed by atoms with E-state index in [-0.39, 0.29) is 19.0 Å². The van der Waals surface area contributed by atoms with Crippen molar-refractivity contribution in [1.29, 1.82) is 0 Å². The lowest BCUT2D eigenvalue weighted by molar-refractivity contribution is 0.204. The van der Waals surface area contributed by atoms with Crippen molar-refractivity contribution in [3.05, 3.63) is 0 Å². The summed E-state index contributed by atoms with van der Waals surface area (Å²) in [5.41, 5.74) is 4.74. The van der Waals surface area contributed by atoms with Crippen molar-refractivity contribution in [2.24, 2.45) is 16.8 Å². The molecule has 0 bridgehead atoms. The highest BCUT2D eigenvalue weighted by atomic mass is 32.2. The molecule has 9 heteroatoms. The zero-order chi connectivity index (χ0) is 15.9. The number of hydrogen-bond acceptors (Lipinski definition) is 5. The number of ether oxygens (including phenoxy) is 1. The first-order valence-corrected chi connectivity index (χ1v) is 8.63. The fraction of sp³-hybridized carbons (Fsp3) is 0.917. The summed E-state index contributed by atoms with van der Waals surface area (Å²) in [5, 5.41) is 12.0. The predicted octanol–water partition coefficient (Wildman–Crippen LogP) is 0.142. The Morgan fingerprint density at radius 3 is 2.57 bits per heavy atom. The Hall–Kier alpha value is -0.900. The zero-order valence-electron chi connectivity index (χ0n) is 12.6. The van der Waals surface area contributed by atoms with Gasteiger partial charge in [0.2, 0.25) is 0 Å². The van der Waals surface area contributed by atoms with Crippen LogP contribution in [0.5, 0.6) is 0 Å². The van der Waals surface area contributed by atoms with E-state index >= 15 is 0 Å². The maximum absolute atomic E-state index is 12.1. The Morgan fingerprint density at radius 2 is 2.10 bits per heavy atom. The predicted molar refractivity (Wildman–Crippen MR) is 80.3 cm³/mol. The summed E-state index contributed by atoms with van der Waals surface area (Å²) >= 11 is 0. The fourth-order valence-electron chi connectivity index (χ4n) is 2.66. The second-order valence-corrected chi connectivity index (χ2v) is 6.91. The van der Waals surface area contributed by atoms with E-state index in [1.165, 1.54) is 7.11 Å². The highest BCUT2D eigenvalue weighted by Gasteiger charge is 2.42. The van der Waals surface area contributed by atoms with E-state index in [4.69, 9.17) is 15.7 Å². The molecule has 1 aliphatic rings. The Bertz CT molecular complexity index is 444. The summed E-state index contributed by atoms with van der Waals surface area (Å²) in [4.78, 5) is 0.